The molecule has 0 amide bonds. The molecule has 0 spiro atoms. The highest BCUT2D eigenvalue weighted by Crippen LogP contribution is 2.20. The minimum atomic E-state index is -0.683. The minimum absolute atomic E-state index is 0.219. The van der Waals surface area contributed by atoms with Gasteiger partial charge in [-0.15, -0.1) is 0 Å². The van der Waals surface area contributed by atoms with Gasteiger partial charge in [-0.05, 0) is 37.1 Å². The van der Waals surface area contributed by atoms with Gasteiger partial charge in [-0.1, -0.05) is 12.1 Å². The first-order valence-electron chi connectivity index (χ1n) is 8.33. The summed E-state index contributed by atoms with van der Waals surface area (Å²) in [5.74, 6) is -0.0331. The average Bonchev–Trinajstić information content (AvgIpc) is 3.25. The number of benzene rings is 1. The van der Waals surface area contributed by atoms with Gasteiger partial charge >= 0.3 is 5.97 Å². The SMILES string of the molecule is O=C(O)C1CCN(Cc2ccc(OCCCn3ccnc3)cc2)C1. The molecule has 0 radical (unpaired) electrons. The van der Waals surface area contributed by atoms with Crippen molar-refractivity contribution in [3.63, 3.8) is 0 Å². The summed E-state index contributed by atoms with van der Waals surface area (Å²) in [7, 11) is 0. The second-order valence-electron chi connectivity index (χ2n) is 6.21. The van der Waals surface area contributed by atoms with Gasteiger partial charge in [0.25, 0.3) is 0 Å². The fourth-order valence-electron chi connectivity index (χ4n) is 2.98. The van der Waals surface area contributed by atoms with Gasteiger partial charge in [-0.3, -0.25) is 9.69 Å². The van der Waals surface area contributed by atoms with Crippen LogP contribution in [0, 0.1) is 5.92 Å². The fourth-order valence-corrected chi connectivity index (χ4v) is 2.98. The van der Waals surface area contributed by atoms with Gasteiger partial charge in [-0.25, -0.2) is 4.98 Å². The van der Waals surface area contributed by atoms with Gasteiger partial charge in [0.2, 0.25) is 0 Å². The van der Waals surface area contributed by atoms with Crippen molar-refractivity contribution in [1.29, 1.82) is 0 Å². The number of carboxylic acids is 1. The van der Waals surface area contributed by atoms with E-state index in [1.54, 1.807) is 6.20 Å². The van der Waals surface area contributed by atoms with Gasteiger partial charge in [0.15, 0.2) is 0 Å². The number of carboxylic acid groups (broad SMARTS) is 1. The fraction of sp³-hybridized carbons (Fsp3) is 0.444. The molecule has 1 aromatic carbocycles. The van der Waals surface area contributed by atoms with Crippen molar-refractivity contribution in [3.05, 3.63) is 48.5 Å². The van der Waals surface area contributed by atoms with Crippen LogP contribution in [0.3, 0.4) is 0 Å². The van der Waals surface area contributed by atoms with Crippen molar-refractivity contribution in [2.75, 3.05) is 19.7 Å². The summed E-state index contributed by atoms with van der Waals surface area (Å²) in [6.07, 6.45) is 7.21. The highest BCUT2D eigenvalue weighted by Gasteiger charge is 2.27. The Morgan fingerprint density at radius 3 is 2.83 bits per heavy atom. The Bertz CT molecular complexity index is 640. The maximum atomic E-state index is 11.0. The summed E-state index contributed by atoms with van der Waals surface area (Å²) in [5.41, 5.74) is 1.19. The van der Waals surface area contributed by atoms with Crippen LogP contribution in [-0.2, 0) is 17.9 Å². The topological polar surface area (TPSA) is 67.6 Å². The number of hydrogen-bond acceptors (Lipinski definition) is 4. The second kappa shape index (κ2) is 7.97. The van der Waals surface area contributed by atoms with E-state index < -0.39 is 5.97 Å². The van der Waals surface area contributed by atoms with Crippen molar-refractivity contribution in [2.24, 2.45) is 5.92 Å². The number of rotatable bonds is 8. The Kier molecular flexibility index (Phi) is 5.48. The molecule has 1 atom stereocenters. The largest absolute Gasteiger partial charge is 0.494 e. The number of aryl methyl sites for hydroxylation is 1. The van der Waals surface area contributed by atoms with Gasteiger partial charge in [-0.2, -0.15) is 0 Å². The Morgan fingerprint density at radius 2 is 2.17 bits per heavy atom. The van der Waals surface area contributed by atoms with E-state index >= 15 is 0 Å². The first-order chi connectivity index (χ1) is 11.7. The van der Waals surface area contributed by atoms with E-state index in [2.05, 4.69) is 22.0 Å². The van der Waals surface area contributed by atoms with Gasteiger partial charge in [0.1, 0.15) is 5.75 Å². The molecule has 0 saturated carbocycles. The predicted octanol–water partition coefficient (Wildman–Crippen LogP) is 2.26. The molecule has 1 fully saturated rings. The number of imidazole rings is 1. The molecule has 6 heteroatoms. The zero-order valence-electron chi connectivity index (χ0n) is 13.7. The molecule has 1 aromatic heterocycles. The Morgan fingerprint density at radius 1 is 1.33 bits per heavy atom. The number of likely N-dealkylation sites (tertiary alicyclic amines) is 1. The molecule has 1 unspecified atom stereocenters. The van der Waals surface area contributed by atoms with Crippen LogP contribution in [0.4, 0.5) is 0 Å². The van der Waals surface area contributed by atoms with Crippen molar-refractivity contribution >= 4 is 5.97 Å². The van der Waals surface area contributed by atoms with E-state index in [1.165, 1.54) is 5.56 Å². The lowest BCUT2D eigenvalue weighted by atomic mass is 10.1. The molecular formula is C18H23N3O3. The number of nitrogens with zero attached hydrogens (tertiary/aromatic N) is 3. The third kappa shape index (κ3) is 4.58. The molecule has 1 aliphatic heterocycles. The molecule has 3 rings (SSSR count). The van der Waals surface area contributed by atoms with Crippen molar-refractivity contribution in [2.45, 2.75) is 25.9 Å². The number of ether oxygens (including phenoxy) is 1. The smallest absolute Gasteiger partial charge is 0.307 e. The first-order valence-corrected chi connectivity index (χ1v) is 8.33. The number of hydrogen-bond donors (Lipinski definition) is 1. The second-order valence-corrected chi connectivity index (χ2v) is 6.21. The summed E-state index contributed by atoms with van der Waals surface area (Å²) in [6, 6.07) is 8.08. The van der Waals surface area contributed by atoms with Crippen LogP contribution in [-0.4, -0.2) is 45.2 Å². The number of aromatic nitrogens is 2. The van der Waals surface area contributed by atoms with Crippen LogP contribution in [0.15, 0.2) is 43.0 Å². The van der Waals surface area contributed by atoms with Gasteiger partial charge in [0.05, 0.1) is 18.9 Å². The summed E-state index contributed by atoms with van der Waals surface area (Å²) in [5, 5.41) is 9.05. The molecule has 1 N–H and O–H groups in total. The van der Waals surface area contributed by atoms with Crippen LogP contribution in [0.2, 0.25) is 0 Å². The molecule has 2 heterocycles. The zero-order valence-corrected chi connectivity index (χ0v) is 13.7. The van der Waals surface area contributed by atoms with Crippen molar-refractivity contribution < 1.29 is 14.6 Å². The Labute approximate surface area is 141 Å². The van der Waals surface area contributed by atoms with Crippen LogP contribution in [0.5, 0.6) is 5.75 Å². The highest BCUT2D eigenvalue weighted by molar-refractivity contribution is 5.70. The van der Waals surface area contributed by atoms with Crippen LogP contribution >= 0.6 is 0 Å². The van der Waals surface area contributed by atoms with Crippen LogP contribution < -0.4 is 4.74 Å². The molecule has 6 nitrogen and oxygen atoms in total. The van der Waals surface area contributed by atoms with Gasteiger partial charge in [0, 0.05) is 32.0 Å². The first kappa shape index (κ1) is 16.5. The van der Waals surface area contributed by atoms with E-state index in [0.29, 0.717) is 13.2 Å². The summed E-state index contributed by atoms with van der Waals surface area (Å²) < 4.78 is 7.79. The lowest BCUT2D eigenvalue weighted by molar-refractivity contribution is -0.141. The molecule has 0 bridgehead atoms. The van der Waals surface area contributed by atoms with E-state index in [1.807, 2.05) is 29.2 Å². The molecular weight excluding hydrogens is 306 g/mol. The summed E-state index contributed by atoms with van der Waals surface area (Å²) in [6.45, 7) is 3.86. The molecule has 0 aliphatic carbocycles. The Balaban J connectivity index is 1.39. The molecule has 128 valence electrons. The highest BCUT2D eigenvalue weighted by atomic mass is 16.5. The monoisotopic (exact) mass is 329 g/mol. The normalized spacial score (nSPS) is 17.9. The van der Waals surface area contributed by atoms with Gasteiger partial charge < -0.3 is 14.4 Å². The maximum absolute atomic E-state index is 11.0. The maximum Gasteiger partial charge on any atom is 0.307 e. The van der Waals surface area contributed by atoms with E-state index in [4.69, 9.17) is 9.84 Å². The zero-order chi connectivity index (χ0) is 16.8. The quantitative estimate of drug-likeness (QED) is 0.753. The predicted molar refractivity (Wildman–Crippen MR) is 89.8 cm³/mol. The molecule has 1 saturated heterocycles. The lowest BCUT2D eigenvalue weighted by Crippen LogP contribution is -2.22. The third-order valence-electron chi connectivity index (χ3n) is 4.34. The van der Waals surface area contributed by atoms with Crippen LogP contribution in [0.1, 0.15) is 18.4 Å². The summed E-state index contributed by atoms with van der Waals surface area (Å²) in [4.78, 5) is 17.2. The lowest BCUT2D eigenvalue weighted by Gasteiger charge is -2.15. The molecule has 2 aromatic rings. The van der Waals surface area contributed by atoms with Crippen molar-refractivity contribution in [3.8, 4) is 5.75 Å². The van der Waals surface area contributed by atoms with Crippen LogP contribution in [0.25, 0.3) is 0 Å². The van der Waals surface area contributed by atoms with E-state index in [9.17, 15) is 4.79 Å². The minimum Gasteiger partial charge on any atom is -0.494 e. The van der Waals surface area contributed by atoms with E-state index in [-0.39, 0.29) is 5.92 Å². The van der Waals surface area contributed by atoms with Crippen molar-refractivity contribution in [1.82, 2.24) is 14.5 Å². The summed E-state index contributed by atoms with van der Waals surface area (Å²) >= 11 is 0. The standard InChI is InChI=1S/C18H23N3O3/c22-18(23)16-6-9-21(13-16)12-15-2-4-17(5-3-15)24-11-1-8-20-10-7-19-14-20/h2-5,7,10,14,16H,1,6,8-9,11-13H2,(H,22,23). The third-order valence-corrected chi connectivity index (χ3v) is 4.34. The molecule has 1 aliphatic rings. The average molecular weight is 329 g/mol. The Hall–Kier alpha value is -2.34. The van der Waals surface area contributed by atoms with E-state index in [0.717, 1.165) is 38.2 Å². The number of carbonyl (C=O) groups is 1. The number of aliphatic carboxylic acids is 1. The molecule has 24 heavy (non-hydrogen) atoms.